The van der Waals surface area contributed by atoms with Crippen molar-refractivity contribution in [3.05, 3.63) is 6.42 Å². The van der Waals surface area contributed by atoms with Crippen molar-refractivity contribution in [2.75, 3.05) is 6.61 Å². The smallest absolute Gasteiger partial charge is 0.694 e. The van der Waals surface area contributed by atoms with Crippen molar-refractivity contribution in [2.24, 2.45) is 0 Å². The molecule has 0 rings (SSSR count). The fraction of sp³-hybridized carbons (Fsp3) is 0.600. The Balaban J connectivity index is 0. The van der Waals surface area contributed by atoms with E-state index in [2.05, 4.69) is 5.92 Å². The Kier molecular flexibility index (Phi) is 14.0. The Morgan fingerprint density at radius 2 is 2.14 bits per heavy atom. The Morgan fingerprint density at radius 1 is 1.57 bits per heavy atom. The van der Waals surface area contributed by atoms with E-state index in [0.29, 0.717) is 12.8 Å². The van der Waals surface area contributed by atoms with Gasteiger partial charge >= 0.3 is 22.4 Å². The first-order valence-corrected chi connectivity index (χ1v) is 1.92. The van der Waals surface area contributed by atoms with E-state index in [4.69, 9.17) is 11.5 Å². The molecule has 0 saturated heterocycles. The molecule has 0 spiro atoms. The summed E-state index contributed by atoms with van der Waals surface area (Å²) in [7, 11) is 0. The van der Waals surface area contributed by atoms with Crippen molar-refractivity contribution in [1.82, 2.24) is 0 Å². The van der Waals surface area contributed by atoms with Gasteiger partial charge in [-0.25, -0.2) is 0 Å². The molecule has 0 bridgehead atoms. The van der Waals surface area contributed by atoms with Gasteiger partial charge in [0, 0.05) is 6.61 Å². The third-order valence-corrected chi connectivity index (χ3v) is 0.460. The van der Waals surface area contributed by atoms with Gasteiger partial charge in [0.25, 0.3) is 0 Å². The van der Waals surface area contributed by atoms with Crippen LogP contribution in [0.25, 0.3) is 0 Å². The molecule has 1 nitrogen and oxygen atoms in total. The molecule has 0 aromatic rings. The van der Waals surface area contributed by atoms with Crippen LogP contribution in [0.1, 0.15) is 12.8 Å². The quantitative estimate of drug-likeness (QED) is 0.289. The summed E-state index contributed by atoms with van der Waals surface area (Å²) in [4.78, 5) is 0. The van der Waals surface area contributed by atoms with Crippen molar-refractivity contribution >= 4 is 0 Å². The second kappa shape index (κ2) is 9.54. The van der Waals surface area contributed by atoms with Gasteiger partial charge in [-0.05, 0) is 12.8 Å². The number of hydrogen-bond acceptors (Lipinski definition) is 1. The Hall–Kier alpha value is 0.260. The van der Waals surface area contributed by atoms with Crippen LogP contribution in [0.3, 0.4) is 0 Å². The first-order valence-electron chi connectivity index (χ1n) is 1.92. The van der Waals surface area contributed by atoms with Crippen LogP contribution in [-0.4, -0.2) is 11.7 Å². The van der Waals surface area contributed by atoms with Gasteiger partial charge in [-0.3, -0.25) is 0 Å². The average Bonchev–Trinajstić information content (AvgIpc) is 1.61. The zero-order valence-electron chi connectivity index (χ0n) is 3.87. The molecule has 0 aromatic carbocycles. The van der Waals surface area contributed by atoms with Gasteiger partial charge in [-0.15, -0.1) is 0 Å². The van der Waals surface area contributed by atoms with Crippen LogP contribution in [0.4, 0.5) is 0 Å². The number of aliphatic hydroxyl groups is 1. The van der Waals surface area contributed by atoms with E-state index < -0.39 is 0 Å². The van der Waals surface area contributed by atoms with Crippen LogP contribution in [0, 0.1) is 12.3 Å². The van der Waals surface area contributed by atoms with Crippen LogP contribution in [-0.2, 0) is 22.4 Å². The van der Waals surface area contributed by atoms with Gasteiger partial charge in [0.15, 0.2) is 0 Å². The second-order valence-electron chi connectivity index (χ2n) is 1.00. The van der Waals surface area contributed by atoms with E-state index in [9.17, 15) is 0 Å². The molecule has 0 saturated carbocycles. The maximum atomic E-state index is 8.07. The summed E-state index contributed by atoms with van der Waals surface area (Å²) < 4.78 is 0. The summed E-state index contributed by atoms with van der Waals surface area (Å²) in [5.74, 6) is 2.16. The van der Waals surface area contributed by atoms with Gasteiger partial charge in [0.05, 0.1) is 0 Å². The largest absolute Gasteiger partial charge is 1.00 e. The maximum Gasteiger partial charge on any atom is 1.00 e. The molecule has 2 heteroatoms. The topological polar surface area (TPSA) is 20.2 Å². The fourth-order valence-electron chi connectivity index (χ4n) is 0.167. The number of hydrogen-bond donors (Lipinski definition) is 1. The van der Waals surface area contributed by atoms with E-state index in [1.165, 1.54) is 0 Å². The van der Waals surface area contributed by atoms with Crippen LogP contribution >= 0.6 is 0 Å². The van der Waals surface area contributed by atoms with Crippen molar-refractivity contribution in [3.63, 3.8) is 0 Å². The molecule has 0 aliphatic heterocycles. The van der Waals surface area contributed by atoms with Crippen LogP contribution in [0.2, 0.25) is 0 Å². The molecule has 0 aliphatic rings. The molecular weight excluding hydrogens is 184 g/mol. The average molecular weight is 191 g/mol. The molecular formula is C5H7AgO. The van der Waals surface area contributed by atoms with E-state index in [1.54, 1.807) is 0 Å². The summed E-state index contributed by atoms with van der Waals surface area (Å²) in [5, 5.41) is 8.07. The Morgan fingerprint density at radius 3 is 2.29 bits per heavy atom. The van der Waals surface area contributed by atoms with Crippen LogP contribution < -0.4 is 0 Å². The summed E-state index contributed by atoms with van der Waals surface area (Å²) in [5.41, 5.74) is 0. The summed E-state index contributed by atoms with van der Waals surface area (Å²) in [6.45, 7) is 0.172. The Labute approximate surface area is 59.6 Å². The van der Waals surface area contributed by atoms with Gasteiger partial charge in [0.1, 0.15) is 0 Å². The molecule has 0 radical (unpaired) electrons. The molecule has 7 heavy (non-hydrogen) atoms. The third-order valence-electron chi connectivity index (χ3n) is 0.460. The van der Waals surface area contributed by atoms with Crippen molar-refractivity contribution in [2.45, 2.75) is 12.8 Å². The predicted octanol–water partition coefficient (Wildman–Crippen LogP) is 0.346. The maximum absolute atomic E-state index is 8.07. The molecule has 0 amide bonds. The normalized spacial score (nSPS) is 6.29. The second-order valence-corrected chi connectivity index (χ2v) is 1.00. The zero-order chi connectivity index (χ0) is 4.83. The van der Waals surface area contributed by atoms with Crippen molar-refractivity contribution < 1.29 is 27.5 Å². The first kappa shape index (κ1) is 10.3. The minimum Gasteiger partial charge on any atom is -0.694 e. The zero-order valence-corrected chi connectivity index (χ0v) is 5.35. The standard InChI is InChI=1S/C5H7O.Ag/c1-2-3-4-5-6;/h6H,3-5H2;/q-1;+1. The molecule has 0 aromatic heterocycles. The monoisotopic (exact) mass is 190 g/mol. The molecule has 0 heterocycles. The number of aliphatic hydroxyl groups excluding tert-OH is 1. The fourth-order valence-corrected chi connectivity index (χ4v) is 0.167. The summed E-state index contributed by atoms with van der Waals surface area (Å²) >= 11 is 0. The molecule has 1 N–H and O–H groups in total. The molecule has 0 aliphatic carbocycles. The van der Waals surface area contributed by atoms with E-state index in [1.807, 2.05) is 0 Å². The summed E-state index contributed by atoms with van der Waals surface area (Å²) in [6.07, 6.45) is 7.59. The molecule has 0 atom stereocenters. The molecule has 0 unspecified atom stereocenters. The van der Waals surface area contributed by atoms with Gasteiger partial charge < -0.3 is 17.5 Å². The minimum atomic E-state index is 0. The van der Waals surface area contributed by atoms with Crippen molar-refractivity contribution in [3.8, 4) is 5.92 Å². The van der Waals surface area contributed by atoms with E-state index >= 15 is 0 Å². The van der Waals surface area contributed by atoms with E-state index in [-0.39, 0.29) is 29.0 Å². The number of unbranched alkanes of at least 4 members (excludes halogenated alkanes) is 1. The third kappa shape index (κ3) is 10.7. The van der Waals surface area contributed by atoms with Gasteiger partial charge in [-0.2, -0.15) is 0 Å². The first-order chi connectivity index (χ1) is 2.91. The number of rotatable bonds is 2. The molecule has 44 valence electrons. The predicted molar refractivity (Wildman–Crippen MR) is 23.5 cm³/mol. The van der Waals surface area contributed by atoms with Gasteiger partial charge in [-0.1, -0.05) is 0 Å². The van der Waals surface area contributed by atoms with Crippen LogP contribution in [0.5, 0.6) is 0 Å². The van der Waals surface area contributed by atoms with Gasteiger partial charge in [0.2, 0.25) is 0 Å². The van der Waals surface area contributed by atoms with E-state index in [0.717, 1.165) is 0 Å². The SMILES string of the molecule is [Ag+].[C-]#CCCCO. The van der Waals surface area contributed by atoms with Crippen molar-refractivity contribution in [1.29, 1.82) is 0 Å². The van der Waals surface area contributed by atoms with Crippen LogP contribution in [0.15, 0.2) is 0 Å². The minimum absolute atomic E-state index is 0. The molecule has 0 fully saturated rings. The Bertz CT molecular complexity index is 55.6. The summed E-state index contributed by atoms with van der Waals surface area (Å²) in [6, 6.07) is 0.